The number of hydrogen-bond donors (Lipinski definition) is 3. The van der Waals surface area contributed by atoms with E-state index in [2.05, 4.69) is 10.6 Å². The summed E-state index contributed by atoms with van der Waals surface area (Å²) in [5.41, 5.74) is 0. The van der Waals surface area contributed by atoms with Crippen LogP contribution in [0, 0.1) is 0 Å². The molecule has 0 saturated carbocycles. The summed E-state index contributed by atoms with van der Waals surface area (Å²) in [5, 5.41) is 16.0. The third kappa shape index (κ3) is 10.2. The van der Waals surface area contributed by atoms with E-state index in [9.17, 15) is 9.90 Å². The molecule has 0 spiro atoms. The first-order chi connectivity index (χ1) is 11.1. The molecule has 0 amide bonds. The number of ketones is 1. The molecule has 1 atom stereocenters. The van der Waals surface area contributed by atoms with E-state index in [-0.39, 0.29) is 6.10 Å². The lowest BCUT2D eigenvalue weighted by molar-refractivity contribution is -0.671. The van der Waals surface area contributed by atoms with Crippen LogP contribution in [0.2, 0.25) is 0 Å². The fourth-order valence-electron chi connectivity index (χ4n) is 2.36. The Bertz CT molecular complexity index is 434. The van der Waals surface area contributed by atoms with E-state index >= 15 is 0 Å². The van der Waals surface area contributed by atoms with Gasteiger partial charge in [0, 0.05) is 6.54 Å². The molecular formula is C17H34N4O2+2. The Balaban J connectivity index is 1.87. The number of aromatic nitrogens is 2. The Hall–Kier alpha value is -1.24. The average Bonchev–Trinajstić information content (AvgIpc) is 2.93. The smallest absolute Gasteiger partial charge is 0.347 e. The number of nitrogens with one attached hydrogen (secondary N) is 2. The highest BCUT2D eigenvalue weighted by atomic mass is 16.3. The van der Waals surface area contributed by atoms with Gasteiger partial charge in [0.1, 0.15) is 18.9 Å². The van der Waals surface area contributed by atoms with Crippen molar-refractivity contribution in [3.05, 3.63) is 18.7 Å². The summed E-state index contributed by atoms with van der Waals surface area (Å²) in [6.45, 7) is 5.71. The third-order valence-electron chi connectivity index (χ3n) is 3.83. The minimum atomic E-state index is -0.211. The molecule has 0 aromatic carbocycles. The van der Waals surface area contributed by atoms with Gasteiger partial charge in [-0.3, -0.25) is 4.79 Å². The van der Waals surface area contributed by atoms with Gasteiger partial charge in [0.15, 0.2) is 0 Å². The quantitative estimate of drug-likeness (QED) is 0.263. The Labute approximate surface area is 139 Å². The summed E-state index contributed by atoms with van der Waals surface area (Å²) in [4.78, 5) is 9.87. The van der Waals surface area contributed by atoms with Crippen molar-refractivity contribution in [2.24, 2.45) is 7.05 Å². The first-order valence-electron chi connectivity index (χ1n) is 8.76. The summed E-state index contributed by atoms with van der Waals surface area (Å²) < 4.78 is 3.91. The van der Waals surface area contributed by atoms with Crippen molar-refractivity contribution in [2.45, 2.75) is 51.7 Å². The fourth-order valence-corrected chi connectivity index (χ4v) is 2.36. The van der Waals surface area contributed by atoms with Crippen LogP contribution in [0.25, 0.3) is 0 Å². The molecule has 0 radical (unpaired) electrons. The number of rotatable bonds is 14. The lowest BCUT2D eigenvalue weighted by Gasteiger charge is -2.09. The molecule has 0 aliphatic carbocycles. The summed E-state index contributed by atoms with van der Waals surface area (Å²) in [7, 11) is 1.97. The molecule has 0 saturated heterocycles. The molecule has 0 aliphatic rings. The molecule has 6 heteroatoms. The molecule has 6 nitrogen and oxygen atoms in total. The molecule has 23 heavy (non-hydrogen) atoms. The molecule has 132 valence electrons. The van der Waals surface area contributed by atoms with Crippen molar-refractivity contribution in [3.63, 3.8) is 0 Å². The molecule has 1 rings (SSSR count). The molecule has 0 aliphatic heterocycles. The Morgan fingerprint density at radius 3 is 2.52 bits per heavy atom. The summed E-state index contributed by atoms with van der Waals surface area (Å²) >= 11 is 0. The highest BCUT2D eigenvalue weighted by Gasteiger charge is 2.12. The van der Waals surface area contributed by atoms with E-state index < -0.39 is 0 Å². The second kappa shape index (κ2) is 12.2. The van der Waals surface area contributed by atoms with Crippen molar-refractivity contribution in [1.29, 1.82) is 0 Å². The number of unbranched alkanes of at least 4 members (excludes halogenated alkanes) is 3. The van der Waals surface area contributed by atoms with E-state index in [1.807, 2.05) is 41.8 Å². The van der Waals surface area contributed by atoms with Gasteiger partial charge in [0.25, 0.3) is 0 Å². The average molecular weight is 326 g/mol. The standard InChI is InChI=1S/C17H33N4O2/c1-3-16(22)12-18-8-6-4-5-7-9-19-13-17(23)14-21-11-10-20(2)15-21/h10-11,15-16,18-19,22H,3-9,12-14H2,1-2H3/q+1/p+1. The van der Waals surface area contributed by atoms with Crippen LogP contribution in [0.4, 0.5) is 0 Å². The summed E-state index contributed by atoms with van der Waals surface area (Å²) in [5.74, 6) is 0.458. The normalized spacial score (nSPS) is 12.5. The minimum Gasteiger partial charge on any atom is -0.392 e. The molecule has 1 aromatic rings. The predicted molar refractivity (Wildman–Crippen MR) is 93.1 cm³/mol. The number of aliphatic hydroxyl groups excluding tert-OH is 1. The highest BCUT2D eigenvalue weighted by molar-refractivity contribution is 5.81. The van der Waals surface area contributed by atoms with E-state index in [1.54, 1.807) is 0 Å². The second-order valence-corrected chi connectivity index (χ2v) is 6.17. The first-order valence-corrected chi connectivity index (χ1v) is 8.76. The van der Waals surface area contributed by atoms with Gasteiger partial charge in [-0.05, 0) is 32.4 Å². The SMILES string of the molecule is CCC(O)CNCCCCCCNCC(=[OH+])Cn1cc[n+](C)c1. The number of carbonyl (C=O) groups excluding carboxylic acids is 1. The van der Waals surface area contributed by atoms with Gasteiger partial charge in [0.05, 0.1) is 13.2 Å². The minimum absolute atomic E-state index is 0.211. The molecule has 1 unspecified atom stereocenters. The molecule has 0 bridgehead atoms. The van der Waals surface area contributed by atoms with Gasteiger partial charge < -0.3 is 15.7 Å². The van der Waals surface area contributed by atoms with Gasteiger partial charge in [-0.25, -0.2) is 9.13 Å². The van der Waals surface area contributed by atoms with Gasteiger partial charge in [-0.1, -0.05) is 19.8 Å². The maximum atomic E-state index is 9.87. The molecule has 1 aromatic heterocycles. The van der Waals surface area contributed by atoms with Crippen molar-refractivity contribution in [3.8, 4) is 0 Å². The van der Waals surface area contributed by atoms with Crippen LogP contribution >= 0.6 is 0 Å². The van der Waals surface area contributed by atoms with E-state index in [1.165, 1.54) is 12.8 Å². The van der Waals surface area contributed by atoms with Gasteiger partial charge in [0.2, 0.25) is 12.9 Å². The number of aliphatic hydroxyl groups is 1. The predicted octanol–water partition coefficient (Wildman–Crippen LogP) is 0.368. The van der Waals surface area contributed by atoms with Crippen molar-refractivity contribution < 1.29 is 14.5 Å². The monoisotopic (exact) mass is 326 g/mol. The Morgan fingerprint density at radius 1 is 1.22 bits per heavy atom. The fraction of sp³-hybridized carbons (Fsp3) is 0.765. The largest absolute Gasteiger partial charge is 0.392 e. The van der Waals surface area contributed by atoms with Gasteiger partial charge in [-0.15, -0.1) is 0 Å². The second-order valence-electron chi connectivity index (χ2n) is 6.17. The first kappa shape index (κ1) is 19.8. The highest BCUT2D eigenvalue weighted by Crippen LogP contribution is 1.98. The Kier molecular flexibility index (Phi) is 10.5. The van der Waals surface area contributed by atoms with Gasteiger partial charge in [-0.2, -0.15) is 0 Å². The van der Waals surface area contributed by atoms with Crippen LogP contribution in [0.5, 0.6) is 0 Å². The van der Waals surface area contributed by atoms with Crippen LogP contribution < -0.4 is 15.2 Å². The van der Waals surface area contributed by atoms with Crippen LogP contribution in [0.3, 0.4) is 0 Å². The van der Waals surface area contributed by atoms with Gasteiger partial charge >= 0.3 is 5.78 Å². The van der Waals surface area contributed by atoms with Crippen LogP contribution in [-0.2, 0) is 13.6 Å². The zero-order valence-corrected chi connectivity index (χ0v) is 14.7. The maximum absolute atomic E-state index is 9.87. The lowest BCUT2D eigenvalue weighted by atomic mass is 10.2. The van der Waals surface area contributed by atoms with Crippen LogP contribution in [0.15, 0.2) is 18.7 Å². The topological polar surface area (TPSA) is 74.5 Å². The van der Waals surface area contributed by atoms with Crippen molar-refractivity contribution in [2.75, 3.05) is 26.2 Å². The van der Waals surface area contributed by atoms with Crippen molar-refractivity contribution >= 4 is 5.78 Å². The van der Waals surface area contributed by atoms with Crippen LogP contribution in [0.1, 0.15) is 39.0 Å². The van der Waals surface area contributed by atoms with E-state index in [0.29, 0.717) is 25.4 Å². The Morgan fingerprint density at radius 2 is 1.91 bits per heavy atom. The number of nitrogens with zero attached hydrogens (tertiary/aromatic N) is 2. The zero-order valence-electron chi connectivity index (χ0n) is 14.7. The summed E-state index contributed by atoms with van der Waals surface area (Å²) in [6, 6.07) is 0. The number of imidazole rings is 1. The summed E-state index contributed by atoms with van der Waals surface area (Å²) in [6.07, 6.45) is 11.1. The van der Waals surface area contributed by atoms with Crippen molar-refractivity contribution in [1.82, 2.24) is 15.2 Å². The van der Waals surface area contributed by atoms with E-state index in [4.69, 9.17) is 0 Å². The lowest BCUT2D eigenvalue weighted by Crippen LogP contribution is -2.28. The molecule has 4 N–H and O–H groups in total. The molecular weight excluding hydrogens is 292 g/mol. The number of hydrogen-bond acceptors (Lipinski definition) is 3. The maximum Gasteiger partial charge on any atom is 0.347 e. The van der Waals surface area contributed by atoms with Crippen LogP contribution in [-0.4, -0.2) is 52.5 Å². The van der Waals surface area contributed by atoms with E-state index in [0.717, 1.165) is 32.4 Å². The zero-order chi connectivity index (χ0) is 16.9. The number of aryl methyl sites for hydroxylation is 1. The molecule has 0 fully saturated rings. The third-order valence-corrected chi connectivity index (χ3v) is 3.83. The molecule has 1 heterocycles.